The molecule has 0 spiro atoms. The maximum atomic E-state index is 6.40. The van der Waals surface area contributed by atoms with Gasteiger partial charge in [-0.2, -0.15) is 0 Å². The highest BCUT2D eigenvalue weighted by atomic mass is 28.3. The van der Waals surface area contributed by atoms with Crippen LogP contribution >= 0.6 is 0 Å². The molecule has 7 rings (SSSR count). The van der Waals surface area contributed by atoms with E-state index in [1.807, 2.05) is 133 Å². The van der Waals surface area contributed by atoms with Crippen molar-refractivity contribution in [2.24, 2.45) is 0 Å². The van der Waals surface area contributed by atoms with Crippen LogP contribution in [0.2, 0.25) is 0 Å². The Hall–Kier alpha value is -5.74. The fourth-order valence-electron chi connectivity index (χ4n) is 4.51. The summed E-state index contributed by atoms with van der Waals surface area (Å²) in [4.78, 5) is 0. The molecule has 3 aromatic heterocycles. The average Bonchev–Trinajstić information content (AvgIpc) is 3.86. The predicted molar refractivity (Wildman–Crippen MR) is 159 cm³/mol. The smallest absolute Gasteiger partial charge is 0.377 e. The Morgan fingerprint density at radius 3 is 1.10 bits per heavy atom. The van der Waals surface area contributed by atoms with Crippen LogP contribution in [0.15, 0.2) is 140 Å². The van der Waals surface area contributed by atoms with Crippen LogP contribution in [0.4, 0.5) is 0 Å². The van der Waals surface area contributed by atoms with Crippen LogP contribution in [0.1, 0.15) is 5.56 Å². The quantitative estimate of drug-likeness (QED) is 0.244. The van der Waals surface area contributed by atoms with E-state index in [2.05, 4.69) is 30.6 Å². The van der Waals surface area contributed by atoms with Gasteiger partial charge < -0.3 is 13.3 Å². The highest BCUT2D eigenvalue weighted by molar-refractivity contribution is 7.12. The summed E-state index contributed by atoms with van der Waals surface area (Å²) < 4.78 is 19.2. The first-order valence-electron chi connectivity index (χ1n) is 13.2. The van der Waals surface area contributed by atoms with Crippen molar-refractivity contribution >= 4 is 30.7 Å². The average molecular weight is 567 g/mol. The zero-order chi connectivity index (χ0) is 28.2. The lowest BCUT2D eigenvalue weighted by molar-refractivity contribution is 0.575. The molecule has 0 saturated heterocycles. The van der Waals surface area contributed by atoms with Crippen molar-refractivity contribution < 1.29 is 13.3 Å². The molecule has 0 amide bonds. The second-order valence-electron chi connectivity index (χ2n) is 9.39. The third-order valence-electron chi connectivity index (χ3n) is 6.67. The standard InChI is InChI=1S/C32H22N6O3Si/c1-5-13-23(14-6-1)21-22-42(30-36-33-27(39-30)24-15-7-2-8-16-24,31-37-34-28(40-31)25-17-9-3-10-18-25)32-38-35-29(41-32)26-19-11-4-12-20-26/h1-22H/b22-21+. The minimum absolute atomic E-state index is 0.264. The van der Waals surface area contributed by atoms with Crippen molar-refractivity contribution in [1.29, 1.82) is 0 Å². The summed E-state index contributed by atoms with van der Waals surface area (Å²) in [5.74, 6) is 1.04. The first-order valence-corrected chi connectivity index (χ1v) is 15.3. The van der Waals surface area contributed by atoms with E-state index in [0.717, 1.165) is 22.3 Å². The van der Waals surface area contributed by atoms with Crippen LogP contribution < -0.4 is 16.5 Å². The monoisotopic (exact) mass is 566 g/mol. The van der Waals surface area contributed by atoms with Gasteiger partial charge in [-0.25, -0.2) is 0 Å². The Bertz CT molecular complexity index is 1750. The molecule has 0 aliphatic heterocycles. The van der Waals surface area contributed by atoms with Crippen LogP contribution in [0, 0.1) is 0 Å². The van der Waals surface area contributed by atoms with Gasteiger partial charge in [-0.3, -0.25) is 0 Å². The molecule has 3 heterocycles. The summed E-state index contributed by atoms with van der Waals surface area (Å²) in [7, 11) is -3.64. The molecule has 0 unspecified atom stereocenters. The first-order chi connectivity index (χ1) is 20.8. The Labute approximate surface area is 241 Å². The van der Waals surface area contributed by atoms with E-state index in [-0.39, 0.29) is 16.5 Å². The molecule has 0 fully saturated rings. The number of aromatic nitrogens is 6. The van der Waals surface area contributed by atoms with E-state index in [0.29, 0.717) is 17.7 Å². The van der Waals surface area contributed by atoms with Crippen molar-refractivity contribution in [2.45, 2.75) is 0 Å². The normalized spacial score (nSPS) is 11.7. The molecule has 0 radical (unpaired) electrons. The third-order valence-corrected chi connectivity index (χ3v) is 9.97. The van der Waals surface area contributed by atoms with E-state index in [4.69, 9.17) is 13.3 Å². The Morgan fingerprint density at radius 2 is 0.738 bits per heavy atom. The molecule has 0 saturated carbocycles. The molecule has 0 atom stereocenters. The molecular formula is C32H22N6O3Si. The zero-order valence-electron chi connectivity index (χ0n) is 22.1. The van der Waals surface area contributed by atoms with E-state index < -0.39 is 8.07 Å². The molecule has 0 aliphatic rings. The number of rotatable bonds is 8. The van der Waals surface area contributed by atoms with Crippen LogP contribution in [-0.2, 0) is 0 Å². The minimum atomic E-state index is -3.64. The predicted octanol–water partition coefficient (Wildman–Crippen LogP) is 4.56. The molecule has 7 aromatic rings. The maximum Gasteiger partial charge on any atom is 0.377 e. The second kappa shape index (κ2) is 11.0. The lowest BCUT2D eigenvalue weighted by atomic mass is 10.2. The first kappa shape index (κ1) is 25.2. The molecule has 42 heavy (non-hydrogen) atoms. The molecule has 4 aromatic carbocycles. The number of hydrogen-bond acceptors (Lipinski definition) is 9. The largest absolute Gasteiger partial charge is 0.424 e. The van der Waals surface area contributed by atoms with Gasteiger partial charge in [0.2, 0.25) is 34.2 Å². The Kier molecular flexibility index (Phi) is 6.63. The van der Waals surface area contributed by atoms with Gasteiger partial charge in [0.1, 0.15) is 0 Å². The van der Waals surface area contributed by atoms with Gasteiger partial charge in [-0.05, 0) is 42.0 Å². The van der Waals surface area contributed by atoms with E-state index >= 15 is 0 Å². The van der Waals surface area contributed by atoms with Crippen molar-refractivity contribution in [1.82, 2.24) is 30.6 Å². The highest BCUT2D eigenvalue weighted by Crippen LogP contribution is 2.21. The zero-order valence-corrected chi connectivity index (χ0v) is 23.1. The molecule has 10 heteroatoms. The topological polar surface area (TPSA) is 117 Å². The van der Waals surface area contributed by atoms with Gasteiger partial charge in [-0.15, -0.1) is 30.6 Å². The van der Waals surface area contributed by atoms with Gasteiger partial charge in [-0.1, -0.05) is 96.7 Å². The van der Waals surface area contributed by atoms with Crippen molar-refractivity contribution in [3.8, 4) is 34.4 Å². The van der Waals surface area contributed by atoms with Crippen molar-refractivity contribution in [3.05, 3.63) is 133 Å². The van der Waals surface area contributed by atoms with E-state index in [1.54, 1.807) is 0 Å². The molecular weight excluding hydrogens is 544 g/mol. The fraction of sp³-hybridized carbons (Fsp3) is 0. The molecule has 0 aliphatic carbocycles. The van der Waals surface area contributed by atoms with Crippen molar-refractivity contribution in [3.63, 3.8) is 0 Å². The summed E-state index contributed by atoms with van der Waals surface area (Å²) >= 11 is 0. The molecule has 202 valence electrons. The highest BCUT2D eigenvalue weighted by Gasteiger charge is 2.54. The summed E-state index contributed by atoms with van der Waals surface area (Å²) in [6.45, 7) is 0. The summed E-state index contributed by atoms with van der Waals surface area (Å²) in [5.41, 5.74) is 6.02. The van der Waals surface area contributed by atoms with Gasteiger partial charge >= 0.3 is 8.07 Å². The van der Waals surface area contributed by atoms with Crippen LogP contribution in [0.25, 0.3) is 40.4 Å². The van der Waals surface area contributed by atoms with E-state index in [9.17, 15) is 0 Å². The van der Waals surface area contributed by atoms with Gasteiger partial charge in [0, 0.05) is 16.7 Å². The summed E-state index contributed by atoms with van der Waals surface area (Å²) in [6, 6.07) is 38.5. The molecule has 0 N–H and O–H groups in total. The molecule has 0 bridgehead atoms. The molecule has 9 nitrogen and oxygen atoms in total. The Morgan fingerprint density at radius 1 is 0.405 bits per heavy atom. The van der Waals surface area contributed by atoms with Crippen molar-refractivity contribution in [2.75, 3.05) is 0 Å². The second-order valence-corrected chi connectivity index (χ2v) is 12.6. The summed E-state index contributed by atoms with van der Waals surface area (Å²) in [6.07, 6.45) is 1.96. The fourth-order valence-corrected chi connectivity index (χ4v) is 7.33. The van der Waals surface area contributed by atoms with E-state index in [1.165, 1.54) is 0 Å². The SMILES string of the molecule is C(=C\[Si](c1nnc(-c2ccccc2)o1)(c1nnc(-c2ccccc2)o1)c1nnc(-c2ccccc2)o1)/c1ccccc1. The number of nitrogens with zero attached hydrogens (tertiary/aromatic N) is 6. The number of hydrogen-bond donors (Lipinski definition) is 0. The maximum absolute atomic E-state index is 6.40. The Balaban J connectivity index is 1.46. The summed E-state index contributed by atoms with van der Waals surface area (Å²) in [5, 5.41) is 26.8. The van der Waals surface area contributed by atoms with Gasteiger partial charge in [0.15, 0.2) is 0 Å². The van der Waals surface area contributed by atoms with Crippen LogP contribution in [-0.4, -0.2) is 38.7 Å². The third kappa shape index (κ3) is 4.76. The lowest BCUT2D eigenvalue weighted by Crippen LogP contribution is -2.67. The van der Waals surface area contributed by atoms with Gasteiger partial charge in [0.25, 0.3) is 0 Å². The van der Waals surface area contributed by atoms with Gasteiger partial charge in [0.05, 0.1) is 0 Å². The minimum Gasteiger partial charge on any atom is -0.424 e. The lowest BCUT2D eigenvalue weighted by Gasteiger charge is -2.15. The number of benzene rings is 4. The van der Waals surface area contributed by atoms with Crippen LogP contribution in [0.3, 0.4) is 0 Å². The van der Waals surface area contributed by atoms with Crippen LogP contribution in [0.5, 0.6) is 0 Å².